The Morgan fingerprint density at radius 1 is 1.00 bits per heavy atom. The average molecular weight is 380 g/mol. The molecule has 5 nitrogen and oxygen atoms in total. The van der Waals surface area contributed by atoms with Crippen LogP contribution in [-0.2, 0) is 11.3 Å². The Balaban J connectivity index is 1.58. The first kappa shape index (κ1) is 18.0. The van der Waals surface area contributed by atoms with Crippen LogP contribution in [0.1, 0.15) is 5.56 Å². The summed E-state index contributed by atoms with van der Waals surface area (Å²) < 4.78 is 5.35. The van der Waals surface area contributed by atoms with E-state index in [4.69, 9.17) is 27.9 Å². The van der Waals surface area contributed by atoms with Crippen LogP contribution >= 0.6 is 23.2 Å². The van der Waals surface area contributed by atoms with Crippen molar-refractivity contribution in [3.8, 4) is 0 Å². The summed E-state index contributed by atoms with van der Waals surface area (Å²) in [7, 11) is 0. The number of anilines is 2. The van der Waals surface area contributed by atoms with Crippen molar-refractivity contribution in [1.29, 1.82) is 0 Å². The summed E-state index contributed by atoms with van der Waals surface area (Å²) in [6.07, 6.45) is 0. The van der Waals surface area contributed by atoms with Gasteiger partial charge in [-0.15, -0.1) is 0 Å². The number of amides is 2. The van der Waals surface area contributed by atoms with E-state index in [0.717, 1.165) is 38.4 Å². The van der Waals surface area contributed by atoms with Gasteiger partial charge in [0, 0.05) is 41.1 Å². The number of halogens is 2. The van der Waals surface area contributed by atoms with E-state index >= 15 is 0 Å². The number of benzene rings is 2. The van der Waals surface area contributed by atoms with Crippen molar-refractivity contribution < 1.29 is 9.53 Å². The van der Waals surface area contributed by atoms with E-state index in [9.17, 15) is 4.79 Å². The van der Waals surface area contributed by atoms with Crippen LogP contribution in [0, 0.1) is 0 Å². The summed E-state index contributed by atoms with van der Waals surface area (Å²) in [5, 5.41) is 6.77. The zero-order chi connectivity index (χ0) is 17.6. The molecule has 2 aromatic carbocycles. The summed E-state index contributed by atoms with van der Waals surface area (Å²) >= 11 is 12.2. The smallest absolute Gasteiger partial charge is 0.323 e. The number of ether oxygens (including phenoxy) is 1. The highest BCUT2D eigenvalue weighted by Crippen LogP contribution is 2.23. The first-order valence-corrected chi connectivity index (χ1v) is 8.78. The van der Waals surface area contributed by atoms with Crippen molar-refractivity contribution in [2.45, 2.75) is 6.54 Å². The van der Waals surface area contributed by atoms with Gasteiger partial charge in [-0.05, 0) is 42.0 Å². The summed E-state index contributed by atoms with van der Waals surface area (Å²) in [6, 6.07) is 12.1. The molecule has 0 spiro atoms. The molecule has 2 N–H and O–H groups in total. The molecule has 0 radical (unpaired) electrons. The minimum atomic E-state index is -0.334. The topological polar surface area (TPSA) is 53.6 Å². The van der Waals surface area contributed by atoms with Gasteiger partial charge in [0.15, 0.2) is 0 Å². The Bertz CT molecular complexity index is 732. The van der Waals surface area contributed by atoms with Crippen LogP contribution < -0.4 is 10.6 Å². The number of hydrogen-bond donors (Lipinski definition) is 2. The predicted octanol–water partition coefficient (Wildman–Crippen LogP) is 4.47. The Labute approximate surface area is 156 Å². The number of morpholine rings is 1. The van der Waals surface area contributed by atoms with Crippen molar-refractivity contribution in [1.82, 2.24) is 4.90 Å². The second-order valence-electron chi connectivity index (χ2n) is 5.78. The molecule has 0 aliphatic carbocycles. The quantitative estimate of drug-likeness (QED) is 0.823. The van der Waals surface area contributed by atoms with Crippen LogP contribution in [0.25, 0.3) is 0 Å². The third-order valence-electron chi connectivity index (χ3n) is 3.91. The van der Waals surface area contributed by atoms with E-state index in [-0.39, 0.29) is 6.03 Å². The molecular formula is C18H19Cl2N3O2. The fraction of sp³-hybridized carbons (Fsp3) is 0.278. The van der Waals surface area contributed by atoms with Crippen molar-refractivity contribution in [2.24, 2.45) is 0 Å². The highest BCUT2D eigenvalue weighted by Gasteiger charge is 2.13. The molecule has 0 aromatic heterocycles. The summed E-state index contributed by atoms with van der Waals surface area (Å²) in [4.78, 5) is 14.4. The van der Waals surface area contributed by atoms with E-state index in [1.807, 2.05) is 12.1 Å². The van der Waals surface area contributed by atoms with Crippen molar-refractivity contribution in [3.63, 3.8) is 0 Å². The maximum Gasteiger partial charge on any atom is 0.323 e. The molecule has 2 amide bonds. The predicted molar refractivity (Wildman–Crippen MR) is 102 cm³/mol. The average Bonchev–Trinajstić information content (AvgIpc) is 2.60. The summed E-state index contributed by atoms with van der Waals surface area (Å²) in [5.41, 5.74) is 2.34. The van der Waals surface area contributed by atoms with Gasteiger partial charge in [-0.2, -0.15) is 0 Å². The number of nitrogens with zero attached hydrogens (tertiary/aromatic N) is 1. The molecule has 2 aromatic rings. The lowest BCUT2D eigenvalue weighted by Gasteiger charge is -2.27. The van der Waals surface area contributed by atoms with Crippen LogP contribution in [0.2, 0.25) is 10.0 Å². The van der Waals surface area contributed by atoms with Crippen molar-refractivity contribution in [2.75, 3.05) is 36.9 Å². The molecule has 1 fully saturated rings. The molecule has 3 rings (SSSR count). The molecule has 1 aliphatic heterocycles. The van der Waals surface area contributed by atoms with Crippen LogP contribution in [-0.4, -0.2) is 37.2 Å². The second kappa shape index (κ2) is 8.54. The Hall–Kier alpha value is -1.79. The number of rotatable bonds is 4. The SMILES string of the molecule is O=C(Nc1ccc(Cl)cc1)Nc1ccc(CN2CCOCC2)c(Cl)c1. The van der Waals surface area contributed by atoms with E-state index in [2.05, 4.69) is 15.5 Å². The lowest BCUT2D eigenvalue weighted by molar-refractivity contribution is 0.0342. The van der Waals surface area contributed by atoms with Gasteiger partial charge in [-0.25, -0.2) is 4.79 Å². The Morgan fingerprint density at radius 2 is 1.64 bits per heavy atom. The van der Waals surface area contributed by atoms with E-state index in [1.54, 1.807) is 30.3 Å². The first-order valence-electron chi connectivity index (χ1n) is 8.02. The third kappa shape index (κ3) is 5.34. The lowest BCUT2D eigenvalue weighted by Crippen LogP contribution is -2.35. The normalized spacial score (nSPS) is 15.0. The number of carbonyl (C=O) groups excluding carboxylic acids is 1. The molecule has 0 saturated carbocycles. The van der Waals surface area contributed by atoms with Gasteiger partial charge in [0.1, 0.15) is 0 Å². The van der Waals surface area contributed by atoms with Crippen molar-refractivity contribution >= 4 is 40.6 Å². The van der Waals surface area contributed by atoms with Gasteiger partial charge in [0.05, 0.1) is 13.2 Å². The molecule has 132 valence electrons. The third-order valence-corrected chi connectivity index (χ3v) is 4.51. The standard InChI is InChI=1S/C18H19Cl2N3O2/c19-14-2-5-15(6-3-14)21-18(24)22-16-4-1-13(17(20)11-16)12-23-7-9-25-10-8-23/h1-6,11H,7-10,12H2,(H2,21,22,24). The monoisotopic (exact) mass is 379 g/mol. The fourth-order valence-corrected chi connectivity index (χ4v) is 2.95. The van der Waals surface area contributed by atoms with Crippen LogP contribution in [0.4, 0.5) is 16.2 Å². The molecule has 0 unspecified atom stereocenters. The largest absolute Gasteiger partial charge is 0.379 e. The molecule has 7 heteroatoms. The van der Waals surface area contributed by atoms with E-state index < -0.39 is 0 Å². The lowest BCUT2D eigenvalue weighted by atomic mass is 10.2. The maximum atomic E-state index is 12.1. The van der Waals surface area contributed by atoms with Gasteiger partial charge in [-0.1, -0.05) is 29.3 Å². The maximum absolute atomic E-state index is 12.1. The van der Waals surface area contributed by atoms with Gasteiger partial charge < -0.3 is 15.4 Å². The molecule has 0 atom stereocenters. The first-order chi connectivity index (χ1) is 12.1. The van der Waals surface area contributed by atoms with Crippen LogP contribution in [0.15, 0.2) is 42.5 Å². The van der Waals surface area contributed by atoms with E-state index in [1.165, 1.54) is 0 Å². The molecule has 1 aliphatic rings. The zero-order valence-electron chi connectivity index (χ0n) is 13.6. The minimum absolute atomic E-state index is 0.334. The summed E-state index contributed by atoms with van der Waals surface area (Å²) in [6.45, 7) is 4.09. The number of carbonyl (C=O) groups is 1. The highest BCUT2D eigenvalue weighted by molar-refractivity contribution is 6.31. The van der Waals surface area contributed by atoms with Gasteiger partial charge in [0.2, 0.25) is 0 Å². The van der Waals surface area contributed by atoms with Crippen molar-refractivity contribution in [3.05, 3.63) is 58.1 Å². The van der Waals surface area contributed by atoms with Crippen LogP contribution in [0.3, 0.4) is 0 Å². The van der Waals surface area contributed by atoms with Crippen LogP contribution in [0.5, 0.6) is 0 Å². The van der Waals surface area contributed by atoms with Gasteiger partial charge in [-0.3, -0.25) is 4.90 Å². The zero-order valence-corrected chi connectivity index (χ0v) is 15.1. The number of nitrogens with one attached hydrogen (secondary N) is 2. The number of hydrogen-bond acceptors (Lipinski definition) is 3. The Kier molecular flexibility index (Phi) is 6.15. The highest BCUT2D eigenvalue weighted by atomic mass is 35.5. The fourth-order valence-electron chi connectivity index (χ4n) is 2.58. The minimum Gasteiger partial charge on any atom is -0.379 e. The van der Waals surface area contributed by atoms with Gasteiger partial charge in [0.25, 0.3) is 0 Å². The van der Waals surface area contributed by atoms with Gasteiger partial charge >= 0.3 is 6.03 Å². The molecular weight excluding hydrogens is 361 g/mol. The van der Waals surface area contributed by atoms with E-state index in [0.29, 0.717) is 21.4 Å². The number of urea groups is 1. The molecule has 0 bridgehead atoms. The Morgan fingerprint density at radius 3 is 2.32 bits per heavy atom. The summed E-state index contributed by atoms with van der Waals surface area (Å²) in [5.74, 6) is 0. The molecule has 25 heavy (non-hydrogen) atoms. The molecule has 1 saturated heterocycles. The second-order valence-corrected chi connectivity index (χ2v) is 6.62. The molecule has 1 heterocycles.